The number of carbonyl (C=O) groups is 2. The van der Waals surface area contributed by atoms with Crippen molar-refractivity contribution in [3.63, 3.8) is 0 Å². The van der Waals surface area contributed by atoms with E-state index in [0.717, 1.165) is 19.4 Å². The van der Waals surface area contributed by atoms with Crippen LogP contribution in [0, 0.1) is 6.92 Å². The van der Waals surface area contributed by atoms with E-state index in [-0.39, 0.29) is 30.3 Å². The van der Waals surface area contributed by atoms with Gasteiger partial charge in [-0.2, -0.15) is 0 Å². The molecule has 0 aliphatic carbocycles. The second-order valence-electron chi connectivity index (χ2n) is 5.57. The number of carbonyl (C=O) groups excluding carboxylic acids is 2. The molecule has 22 heavy (non-hydrogen) atoms. The van der Waals surface area contributed by atoms with Crippen molar-refractivity contribution in [1.29, 1.82) is 0 Å². The highest BCUT2D eigenvalue weighted by Crippen LogP contribution is 2.19. The van der Waals surface area contributed by atoms with Crippen molar-refractivity contribution >= 4 is 24.2 Å². The first-order valence-electron chi connectivity index (χ1n) is 7.36. The Hall–Kier alpha value is -1.60. The summed E-state index contributed by atoms with van der Waals surface area (Å²) < 4.78 is 5.11. The SMILES string of the molecule is Cc1ocnc1C(=O)N1CCCC(N2CCNCC2=O)C1.Cl. The predicted molar refractivity (Wildman–Crippen MR) is 82.0 cm³/mol. The number of piperidine rings is 1. The smallest absolute Gasteiger partial charge is 0.276 e. The molecule has 2 aliphatic heterocycles. The average Bonchev–Trinajstić information content (AvgIpc) is 2.93. The highest BCUT2D eigenvalue weighted by molar-refractivity contribution is 5.93. The van der Waals surface area contributed by atoms with E-state index < -0.39 is 0 Å². The molecular weight excluding hydrogens is 308 g/mol. The Morgan fingerprint density at radius 2 is 2.27 bits per heavy atom. The standard InChI is InChI=1S/C14H20N4O3.ClH/c1-10-13(16-9-21-10)14(20)17-5-2-3-11(8-17)18-6-4-15-7-12(18)19;/h9,11,15H,2-8H2,1H3;1H. The van der Waals surface area contributed by atoms with Gasteiger partial charge in [0.1, 0.15) is 5.76 Å². The van der Waals surface area contributed by atoms with Gasteiger partial charge < -0.3 is 19.5 Å². The maximum atomic E-state index is 12.5. The van der Waals surface area contributed by atoms with Crippen molar-refractivity contribution in [2.45, 2.75) is 25.8 Å². The number of nitrogens with one attached hydrogen (secondary N) is 1. The second kappa shape index (κ2) is 7.11. The Labute approximate surface area is 135 Å². The summed E-state index contributed by atoms with van der Waals surface area (Å²) >= 11 is 0. The highest BCUT2D eigenvalue weighted by atomic mass is 35.5. The third kappa shape index (κ3) is 3.25. The molecule has 122 valence electrons. The third-order valence-electron chi connectivity index (χ3n) is 4.20. The van der Waals surface area contributed by atoms with Crippen LogP contribution < -0.4 is 5.32 Å². The van der Waals surface area contributed by atoms with Crippen LogP contribution >= 0.6 is 12.4 Å². The number of aromatic nitrogens is 1. The molecule has 2 amide bonds. The molecule has 1 unspecified atom stereocenters. The van der Waals surface area contributed by atoms with E-state index in [2.05, 4.69) is 10.3 Å². The first kappa shape index (κ1) is 16.8. The zero-order valence-electron chi connectivity index (χ0n) is 12.6. The number of halogens is 1. The fourth-order valence-corrected chi connectivity index (χ4v) is 3.06. The van der Waals surface area contributed by atoms with Crippen LogP contribution in [-0.4, -0.2) is 65.4 Å². The summed E-state index contributed by atoms with van der Waals surface area (Å²) in [5.41, 5.74) is 0.377. The molecule has 0 aromatic carbocycles. The van der Waals surface area contributed by atoms with Crippen molar-refractivity contribution in [1.82, 2.24) is 20.1 Å². The van der Waals surface area contributed by atoms with Crippen LogP contribution in [0.5, 0.6) is 0 Å². The van der Waals surface area contributed by atoms with Gasteiger partial charge in [0.2, 0.25) is 5.91 Å². The minimum atomic E-state index is -0.103. The molecule has 3 heterocycles. The molecule has 1 aromatic heterocycles. The second-order valence-corrected chi connectivity index (χ2v) is 5.57. The van der Waals surface area contributed by atoms with Gasteiger partial charge in [-0.3, -0.25) is 9.59 Å². The Morgan fingerprint density at radius 3 is 2.95 bits per heavy atom. The molecule has 0 bridgehead atoms. The number of amides is 2. The van der Waals surface area contributed by atoms with Crippen LogP contribution in [0.3, 0.4) is 0 Å². The Kier molecular flexibility index (Phi) is 5.42. The number of rotatable bonds is 2. The fraction of sp³-hybridized carbons (Fsp3) is 0.643. The first-order chi connectivity index (χ1) is 10.2. The lowest BCUT2D eigenvalue weighted by Gasteiger charge is -2.40. The molecule has 3 rings (SSSR count). The topological polar surface area (TPSA) is 78.7 Å². The van der Waals surface area contributed by atoms with Crippen LogP contribution in [0.1, 0.15) is 29.1 Å². The summed E-state index contributed by atoms with van der Waals surface area (Å²) in [5, 5.41) is 3.07. The maximum Gasteiger partial charge on any atom is 0.276 e. The van der Waals surface area contributed by atoms with Gasteiger partial charge in [-0.15, -0.1) is 12.4 Å². The molecule has 0 spiro atoms. The Morgan fingerprint density at radius 1 is 1.45 bits per heavy atom. The molecule has 1 atom stereocenters. The van der Waals surface area contributed by atoms with Gasteiger partial charge in [-0.25, -0.2) is 4.98 Å². The molecule has 0 saturated carbocycles. The van der Waals surface area contributed by atoms with Crippen LogP contribution in [0.25, 0.3) is 0 Å². The first-order valence-corrected chi connectivity index (χ1v) is 7.36. The maximum absolute atomic E-state index is 12.5. The van der Waals surface area contributed by atoms with E-state index in [9.17, 15) is 9.59 Å². The van der Waals surface area contributed by atoms with E-state index in [1.807, 2.05) is 4.90 Å². The number of likely N-dealkylation sites (tertiary alicyclic amines) is 1. The molecule has 2 aliphatic rings. The third-order valence-corrected chi connectivity index (χ3v) is 4.20. The predicted octanol–water partition coefficient (Wildman–Crippen LogP) is 0.441. The van der Waals surface area contributed by atoms with E-state index >= 15 is 0 Å². The molecule has 1 N–H and O–H groups in total. The molecule has 1 aromatic rings. The number of aryl methyl sites for hydroxylation is 1. The van der Waals surface area contributed by atoms with E-state index in [0.29, 0.717) is 37.6 Å². The van der Waals surface area contributed by atoms with Crippen molar-refractivity contribution in [3.8, 4) is 0 Å². The number of hydrogen-bond acceptors (Lipinski definition) is 5. The van der Waals surface area contributed by atoms with Crippen molar-refractivity contribution in [2.24, 2.45) is 0 Å². The lowest BCUT2D eigenvalue weighted by molar-refractivity contribution is -0.135. The number of oxazole rings is 1. The largest absolute Gasteiger partial charge is 0.448 e. The van der Waals surface area contributed by atoms with Gasteiger partial charge in [0.25, 0.3) is 5.91 Å². The molecular formula is C14H21ClN4O3. The van der Waals surface area contributed by atoms with Gasteiger partial charge in [0, 0.05) is 32.2 Å². The van der Waals surface area contributed by atoms with Crippen LogP contribution in [0.2, 0.25) is 0 Å². The average molecular weight is 329 g/mol. The molecule has 7 nitrogen and oxygen atoms in total. The molecule has 2 fully saturated rings. The van der Waals surface area contributed by atoms with Gasteiger partial charge in [0.05, 0.1) is 6.54 Å². The summed E-state index contributed by atoms with van der Waals surface area (Å²) in [5.74, 6) is 0.562. The van der Waals surface area contributed by atoms with Gasteiger partial charge in [-0.05, 0) is 19.8 Å². The Bertz CT molecular complexity index is 548. The number of piperazine rings is 1. The lowest BCUT2D eigenvalue weighted by atomic mass is 10.0. The minimum absolute atomic E-state index is 0. The Balaban J connectivity index is 0.00000176. The van der Waals surface area contributed by atoms with Gasteiger partial charge >= 0.3 is 0 Å². The molecule has 2 saturated heterocycles. The quantitative estimate of drug-likeness (QED) is 0.852. The van der Waals surface area contributed by atoms with E-state index in [1.54, 1.807) is 11.8 Å². The van der Waals surface area contributed by atoms with Crippen molar-refractivity contribution in [2.75, 3.05) is 32.7 Å². The van der Waals surface area contributed by atoms with Crippen molar-refractivity contribution < 1.29 is 14.0 Å². The van der Waals surface area contributed by atoms with Gasteiger partial charge in [0.15, 0.2) is 12.1 Å². The molecule has 0 radical (unpaired) electrons. The highest BCUT2D eigenvalue weighted by Gasteiger charge is 2.32. The fourth-order valence-electron chi connectivity index (χ4n) is 3.06. The van der Waals surface area contributed by atoms with Crippen LogP contribution in [-0.2, 0) is 4.79 Å². The molecule has 8 heteroatoms. The van der Waals surface area contributed by atoms with Crippen molar-refractivity contribution in [3.05, 3.63) is 17.8 Å². The zero-order chi connectivity index (χ0) is 14.8. The monoisotopic (exact) mass is 328 g/mol. The summed E-state index contributed by atoms with van der Waals surface area (Å²) in [6.45, 7) is 4.96. The summed E-state index contributed by atoms with van der Waals surface area (Å²) in [4.78, 5) is 32.2. The number of nitrogens with zero attached hydrogens (tertiary/aromatic N) is 3. The van der Waals surface area contributed by atoms with E-state index in [1.165, 1.54) is 6.39 Å². The zero-order valence-corrected chi connectivity index (χ0v) is 13.4. The van der Waals surface area contributed by atoms with Gasteiger partial charge in [-0.1, -0.05) is 0 Å². The van der Waals surface area contributed by atoms with Crippen LogP contribution in [0.4, 0.5) is 0 Å². The minimum Gasteiger partial charge on any atom is -0.448 e. The summed E-state index contributed by atoms with van der Waals surface area (Å²) in [7, 11) is 0. The van der Waals surface area contributed by atoms with E-state index in [4.69, 9.17) is 4.42 Å². The summed E-state index contributed by atoms with van der Waals surface area (Å²) in [6, 6.07) is 0.115. The lowest BCUT2D eigenvalue weighted by Crippen LogP contribution is -2.57. The normalized spacial score (nSPS) is 22.4. The summed E-state index contributed by atoms with van der Waals surface area (Å²) in [6.07, 6.45) is 3.15. The van der Waals surface area contributed by atoms with Crippen LogP contribution in [0.15, 0.2) is 10.8 Å². The number of hydrogen-bond donors (Lipinski definition) is 1.